The third-order valence-electron chi connectivity index (χ3n) is 2.67. The first-order valence-electron chi connectivity index (χ1n) is 5.24. The number of hydrogen-bond donors (Lipinski definition) is 1. The second-order valence-corrected chi connectivity index (χ2v) is 3.79. The van der Waals surface area contributed by atoms with E-state index in [1.165, 1.54) is 12.3 Å². The zero-order valence-electron chi connectivity index (χ0n) is 9.79. The lowest BCUT2D eigenvalue weighted by Gasteiger charge is -1.98. The van der Waals surface area contributed by atoms with E-state index in [9.17, 15) is 4.39 Å². The van der Waals surface area contributed by atoms with E-state index in [-0.39, 0.29) is 30.6 Å². The van der Waals surface area contributed by atoms with Crippen LogP contribution in [0.25, 0.3) is 16.9 Å². The number of fused-ring (bicyclic) bond motifs is 1. The van der Waals surface area contributed by atoms with E-state index in [1.807, 2.05) is 30.3 Å². The fourth-order valence-corrected chi connectivity index (χ4v) is 1.85. The molecule has 0 atom stereocenters. The van der Waals surface area contributed by atoms with E-state index in [0.717, 1.165) is 5.56 Å². The smallest absolute Gasteiger partial charge is 0.140 e. The fraction of sp³-hybridized carbons (Fsp3) is 0. The third kappa shape index (κ3) is 2.64. The average molecular weight is 300 g/mol. The minimum atomic E-state index is -0.332. The summed E-state index contributed by atoms with van der Waals surface area (Å²) in [6.45, 7) is 0. The summed E-state index contributed by atoms with van der Waals surface area (Å²) in [6, 6.07) is 12.6. The second-order valence-electron chi connectivity index (χ2n) is 3.79. The number of halogens is 3. The Labute approximate surface area is 122 Å². The first-order chi connectivity index (χ1) is 8.25. The molecule has 6 heteroatoms. The molecule has 0 fully saturated rings. The highest BCUT2D eigenvalue weighted by Gasteiger charge is 2.10. The number of hydrogen-bond acceptors (Lipinski definition) is 2. The summed E-state index contributed by atoms with van der Waals surface area (Å²) in [5.41, 5.74) is 8.22. The zero-order valence-corrected chi connectivity index (χ0v) is 11.4. The van der Waals surface area contributed by atoms with Gasteiger partial charge in [0.05, 0.1) is 0 Å². The summed E-state index contributed by atoms with van der Waals surface area (Å²) < 4.78 is 14.7. The predicted octanol–water partition coefficient (Wildman–Crippen LogP) is 3.57. The van der Waals surface area contributed by atoms with E-state index in [2.05, 4.69) is 4.98 Å². The van der Waals surface area contributed by atoms with Crippen molar-refractivity contribution in [1.82, 2.24) is 9.38 Å². The van der Waals surface area contributed by atoms with Crippen LogP contribution in [0.5, 0.6) is 0 Å². The standard InChI is InChI=1S/C13H10FN3.2ClH/c14-10-6-7-11-16-12(13(15)17(11)8-10)9-4-2-1-3-5-9;;/h1-8H,15H2;2*1H. The number of pyridine rings is 1. The van der Waals surface area contributed by atoms with Gasteiger partial charge in [0.2, 0.25) is 0 Å². The van der Waals surface area contributed by atoms with Crippen LogP contribution in [0, 0.1) is 5.82 Å². The molecule has 0 spiro atoms. The summed E-state index contributed by atoms with van der Waals surface area (Å²) in [4.78, 5) is 4.39. The third-order valence-corrected chi connectivity index (χ3v) is 2.67. The van der Waals surface area contributed by atoms with Gasteiger partial charge in [-0.05, 0) is 12.1 Å². The van der Waals surface area contributed by atoms with Crippen LogP contribution in [0.15, 0.2) is 48.7 Å². The van der Waals surface area contributed by atoms with Crippen LogP contribution in [-0.4, -0.2) is 9.38 Å². The molecule has 0 unspecified atom stereocenters. The molecule has 100 valence electrons. The molecule has 1 aromatic carbocycles. The van der Waals surface area contributed by atoms with Crippen LogP contribution in [0.1, 0.15) is 0 Å². The molecule has 2 heterocycles. The fourth-order valence-electron chi connectivity index (χ4n) is 1.85. The number of rotatable bonds is 1. The molecular formula is C13H12Cl2FN3. The summed E-state index contributed by atoms with van der Waals surface area (Å²) in [5.74, 6) is 0.118. The number of nitrogens with zero attached hydrogens (tertiary/aromatic N) is 2. The Bertz CT molecular complexity index is 683. The Morgan fingerprint density at radius 1 is 1.00 bits per heavy atom. The minimum Gasteiger partial charge on any atom is -0.383 e. The summed E-state index contributed by atoms with van der Waals surface area (Å²) in [7, 11) is 0. The van der Waals surface area contributed by atoms with Gasteiger partial charge < -0.3 is 5.73 Å². The monoisotopic (exact) mass is 299 g/mol. The van der Waals surface area contributed by atoms with Crippen molar-refractivity contribution in [2.45, 2.75) is 0 Å². The lowest BCUT2D eigenvalue weighted by Crippen LogP contribution is -1.94. The molecule has 2 aromatic heterocycles. The molecule has 0 bridgehead atoms. The highest BCUT2D eigenvalue weighted by molar-refractivity contribution is 5.85. The van der Waals surface area contributed by atoms with Crippen molar-refractivity contribution in [1.29, 1.82) is 0 Å². The van der Waals surface area contributed by atoms with Crippen molar-refractivity contribution in [3.05, 3.63) is 54.5 Å². The van der Waals surface area contributed by atoms with E-state index < -0.39 is 0 Å². The Morgan fingerprint density at radius 3 is 2.37 bits per heavy atom. The normalized spacial score (nSPS) is 9.74. The molecule has 0 amide bonds. The van der Waals surface area contributed by atoms with Gasteiger partial charge in [-0.3, -0.25) is 4.40 Å². The summed E-state index contributed by atoms with van der Waals surface area (Å²) >= 11 is 0. The van der Waals surface area contributed by atoms with Gasteiger partial charge in [-0.15, -0.1) is 24.8 Å². The minimum absolute atomic E-state index is 0. The molecule has 3 nitrogen and oxygen atoms in total. The van der Waals surface area contributed by atoms with Crippen LogP contribution in [-0.2, 0) is 0 Å². The number of aromatic nitrogens is 2. The van der Waals surface area contributed by atoms with Crippen LogP contribution >= 0.6 is 24.8 Å². The highest BCUT2D eigenvalue weighted by Crippen LogP contribution is 2.26. The second kappa shape index (κ2) is 5.91. The number of nitrogens with two attached hydrogens (primary N) is 1. The van der Waals surface area contributed by atoms with Crippen molar-refractivity contribution >= 4 is 36.3 Å². The molecule has 19 heavy (non-hydrogen) atoms. The Morgan fingerprint density at radius 2 is 1.68 bits per heavy atom. The number of anilines is 1. The Hall–Kier alpha value is -1.78. The molecule has 0 aliphatic carbocycles. The Balaban J connectivity index is 0.000000902. The SMILES string of the molecule is Cl.Cl.Nc1c(-c2ccccc2)nc2ccc(F)cn12. The molecule has 0 aliphatic rings. The highest BCUT2D eigenvalue weighted by atomic mass is 35.5. The van der Waals surface area contributed by atoms with Crippen LogP contribution in [0.4, 0.5) is 10.2 Å². The van der Waals surface area contributed by atoms with Gasteiger partial charge >= 0.3 is 0 Å². The van der Waals surface area contributed by atoms with E-state index in [0.29, 0.717) is 17.2 Å². The largest absolute Gasteiger partial charge is 0.383 e. The number of nitrogen functional groups attached to an aromatic ring is 1. The maximum Gasteiger partial charge on any atom is 0.140 e. The predicted molar refractivity (Wildman–Crippen MR) is 79.5 cm³/mol. The molecule has 0 aliphatic heterocycles. The van der Waals surface area contributed by atoms with Crippen LogP contribution < -0.4 is 5.73 Å². The van der Waals surface area contributed by atoms with Gasteiger partial charge in [0.15, 0.2) is 0 Å². The van der Waals surface area contributed by atoms with Gasteiger partial charge in [0, 0.05) is 11.8 Å². The molecule has 3 aromatic rings. The van der Waals surface area contributed by atoms with Gasteiger partial charge in [0.25, 0.3) is 0 Å². The maximum atomic E-state index is 13.1. The van der Waals surface area contributed by atoms with Crippen molar-refractivity contribution < 1.29 is 4.39 Å². The summed E-state index contributed by atoms with van der Waals surface area (Å²) in [6.07, 6.45) is 1.34. The average Bonchev–Trinajstić information content (AvgIpc) is 2.68. The first kappa shape index (κ1) is 15.3. The number of imidazole rings is 1. The van der Waals surface area contributed by atoms with Gasteiger partial charge in [0.1, 0.15) is 23.0 Å². The number of benzene rings is 1. The lowest BCUT2D eigenvalue weighted by atomic mass is 10.1. The molecule has 2 N–H and O–H groups in total. The van der Waals surface area contributed by atoms with Crippen LogP contribution in [0.3, 0.4) is 0 Å². The van der Waals surface area contributed by atoms with Crippen molar-refractivity contribution in [2.24, 2.45) is 0 Å². The lowest BCUT2D eigenvalue weighted by molar-refractivity contribution is 0.619. The van der Waals surface area contributed by atoms with E-state index >= 15 is 0 Å². The zero-order chi connectivity index (χ0) is 11.8. The van der Waals surface area contributed by atoms with Crippen molar-refractivity contribution in [2.75, 3.05) is 5.73 Å². The molecule has 3 rings (SSSR count). The molecule has 0 radical (unpaired) electrons. The van der Waals surface area contributed by atoms with Gasteiger partial charge in [-0.1, -0.05) is 30.3 Å². The van der Waals surface area contributed by atoms with E-state index in [4.69, 9.17) is 5.73 Å². The maximum absolute atomic E-state index is 13.1. The first-order valence-corrected chi connectivity index (χ1v) is 5.24. The van der Waals surface area contributed by atoms with Crippen LogP contribution in [0.2, 0.25) is 0 Å². The Kier molecular flexibility index (Phi) is 4.75. The van der Waals surface area contributed by atoms with Crippen molar-refractivity contribution in [3.63, 3.8) is 0 Å². The van der Waals surface area contributed by atoms with Crippen molar-refractivity contribution in [3.8, 4) is 11.3 Å². The van der Waals surface area contributed by atoms with E-state index in [1.54, 1.807) is 10.5 Å². The molecular weight excluding hydrogens is 288 g/mol. The molecule has 0 saturated carbocycles. The molecule has 0 saturated heterocycles. The van der Waals surface area contributed by atoms with Gasteiger partial charge in [-0.25, -0.2) is 9.37 Å². The summed E-state index contributed by atoms with van der Waals surface area (Å²) in [5, 5.41) is 0. The van der Waals surface area contributed by atoms with Gasteiger partial charge in [-0.2, -0.15) is 0 Å². The topological polar surface area (TPSA) is 43.3 Å². The quantitative estimate of drug-likeness (QED) is 0.746.